The minimum absolute atomic E-state index is 0.265. The molecule has 12 heteroatoms. The fraction of sp³-hybridized carbons (Fsp3) is 0.333. The van der Waals surface area contributed by atoms with Crippen LogP contribution in [0.5, 0.6) is 5.75 Å². The molecule has 1 fully saturated rings. The van der Waals surface area contributed by atoms with E-state index < -0.39 is 17.6 Å². The summed E-state index contributed by atoms with van der Waals surface area (Å²) in [6.07, 6.45) is 7.36. The summed E-state index contributed by atoms with van der Waals surface area (Å²) in [5, 5.41) is 0.514. The zero-order valence-corrected chi connectivity index (χ0v) is 30.1. The van der Waals surface area contributed by atoms with Crippen LogP contribution in [0.15, 0.2) is 67.0 Å². The van der Waals surface area contributed by atoms with Crippen molar-refractivity contribution in [3.05, 3.63) is 89.2 Å². The molecule has 0 aliphatic carbocycles. The summed E-state index contributed by atoms with van der Waals surface area (Å²) in [5.41, 5.74) is 7.95. The van der Waals surface area contributed by atoms with Crippen LogP contribution in [0.3, 0.4) is 0 Å². The Hall–Kier alpha value is -5.80. The van der Waals surface area contributed by atoms with Crippen LogP contribution >= 0.6 is 0 Å². The molecule has 4 aromatic rings. The van der Waals surface area contributed by atoms with E-state index in [-0.39, 0.29) is 5.56 Å². The summed E-state index contributed by atoms with van der Waals surface area (Å²) in [4.78, 5) is 56.1. The number of carbonyl (C=O) groups excluding carboxylic acids is 4. The topological polar surface area (TPSA) is 149 Å². The Labute approximate surface area is 298 Å². The molecule has 1 unspecified atom stereocenters. The molecule has 2 N–H and O–H groups in total. The van der Waals surface area contributed by atoms with Crippen LogP contribution in [0.1, 0.15) is 78.8 Å². The monoisotopic (exact) mass is 695 g/mol. The van der Waals surface area contributed by atoms with E-state index in [9.17, 15) is 14.4 Å². The smallest absolute Gasteiger partial charge is 0.426 e. The maximum Gasteiger partial charge on any atom is 0.426 e. The van der Waals surface area contributed by atoms with Gasteiger partial charge in [0.2, 0.25) is 0 Å². The Morgan fingerprint density at radius 3 is 2.29 bits per heavy atom. The lowest BCUT2D eigenvalue weighted by atomic mass is 10.0. The molecule has 1 saturated heterocycles. The van der Waals surface area contributed by atoms with Crippen LogP contribution < -0.4 is 15.6 Å². The molecule has 2 aromatic carbocycles. The van der Waals surface area contributed by atoms with E-state index in [4.69, 9.17) is 19.3 Å². The molecule has 0 spiro atoms. The molecule has 1 aliphatic heterocycles. The standard InChI is InChI=1S/C30H26N4O5.C7H15N.C2H4O2/c1-30(2,3)39-29(37)34-33-28(36)23-16-26(32-25-13-14-31-17-24(23)25)22-12-11-21(27(15-22)38-4)10-9-19-5-7-20(18-35)8-6-19;1-7-5-3-4-6-8(7)2;1-4-2-3/h5-8,11-18H,1-4H3,(H,33,36)(H,34,37);7H,3-6H2,1-2H3;2H,1H3. The summed E-state index contributed by atoms with van der Waals surface area (Å²) >= 11 is 0. The van der Waals surface area contributed by atoms with Crippen molar-refractivity contribution >= 4 is 35.7 Å². The summed E-state index contributed by atoms with van der Waals surface area (Å²) in [7, 11) is 5.07. The summed E-state index contributed by atoms with van der Waals surface area (Å²) in [6.45, 7) is 9.15. The number of pyridine rings is 2. The van der Waals surface area contributed by atoms with Crippen molar-refractivity contribution in [1.82, 2.24) is 25.7 Å². The summed E-state index contributed by atoms with van der Waals surface area (Å²) < 4.78 is 14.6. The third-order valence-electron chi connectivity index (χ3n) is 7.65. The first-order chi connectivity index (χ1) is 24.4. The highest BCUT2D eigenvalue weighted by Gasteiger charge is 2.19. The lowest BCUT2D eigenvalue weighted by Gasteiger charge is -2.29. The third-order valence-corrected chi connectivity index (χ3v) is 7.65. The van der Waals surface area contributed by atoms with Gasteiger partial charge in [0, 0.05) is 40.5 Å². The van der Waals surface area contributed by atoms with Crippen LogP contribution in [0.25, 0.3) is 22.2 Å². The molecular formula is C39H45N5O7. The van der Waals surface area contributed by atoms with E-state index in [1.54, 1.807) is 76.5 Å². The van der Waals surface area contributed by atoms with Crippen LogP contribution in [-0.2, 0) is 14.3 Å². The SMILES string of the molecule is CC1CCCCN1C.COC=O.COc1cc(-c2cc(C(=O)NNC(=O)OC(C)(C)C)c3cnccc3n2)ccc1C#Cc1ccc(C=O)cc1. The van der Waals surface area contributed by atoms with Gasteiger partial charge in [-0.1, -0.05) is 36.5 Å². The molecule has 12 nitrogen and oxygen atoms in total. The maximum absolute atomic E-state index is 13.1. The maximum atomic E-state index is 13.1. The highest BCUT2D eigenvalue weighted by Crippen LogP contribution is 2.29. The van der Waals surface area contributed by atoms with E-state index in [2.05, 4.69) is 51.3 Å². The predicted octanol–water partition coefficient (Wildman–Crippen LogP) is 5.97. The van der Waals surface area contributed by atoms with E-state index >= 15 is 0 Å². The lowest BCUT2D eigenvalue weighted by Crippen LogP contribution is -2.44. The molecule has 268 valence electrons. The summed E-state index contributed by atoms with van der Waals surface area (Å²) in [6, 6.07) is 16.5. The van der Waals surface area contributed by atoms with Crippen LogP contribution in [0.2, 0.25) is 0 Å². The van der Waals surface area contributed by atoms with Gasteiger partial charge in [-0.15, -0.1) is 0 Å². The highest BCUT2D eigenvalue weighted by atomic mass is 16.6. The number of likely N-dealkylation sites (tertiary alicyclic amines) is 1. The lowest BCUT2D eigenvalue weighted by molar-refractivity contribution is -0.126. The van der Waals surface area contributed by atoms with Crippen molar-refractivity contribution < 1.29 is 33.4 Å². The number of piperidine rings is 1. The minimum Gasteiger partial charge on any atom is -0.495 e. The number of ether oxygens (including phenoxy) is 3. The molecule has 0 bridgehead atoms. The van der Waals surface area contributed by atoms with Crippen molar-refractivity contribution in [3.63, 3.8) is 0 Å². The predicted molar refractivity (Wildman–Crippen MR) is 195 cm³/mol. The normalized spacial score (nSPS) is 13.7. The quantitative estimate of drug-likeness (QED) is 0.145. The van der Waals surface area contributed by atoms with Gasteiger partial charge < -0.3 is 19.1 Å². The van der Waals surface area contributed by atoms with Gasteiger partial charge in [0.25, 0.3) is 12.4 Å². The molecule has 51 heavy (non-hydrogen) atoms. The molecule has 0 radical (unpaired) electrons. The molecule has 3 heterocycles. The van der Waals surface area contributed by atoms with Crippen molar-refractivity contribution in [2.24, 2.45) is 0 Å². The van der Waals surface area contributed by atoms with Gasteiger partial charge in [-0.25, -0.2) is 15.2 Å². The van der Waals surface area contributed by atoms with Gasteiger partial charge in [-0.3, -0.25) is 24.8 Å². The molecule has 5 rings (SSSR count). The largest absolute Gasteiger partial charge is 0.495 e. The van der Waals surface area contributed by atoms with Gasteiger partial charge in [-0.05, 0) is 90.5 Å². The number of nitrogens with one attached hydrogen (secondary N) is 2. The zero-order chi connectivity index (χ0) is 37.4. The van der Waals surface area contributed by atoms with Crippen molar-refractivity contribution in [2.45, 2.75) is 58.6 Å². The summed E-state index contributed by atoms with van der Waals surface area (Å²) in [5.74, 6) is 6.13. The molecule has 1 atom stereocenters. The third kappa shape index (κ3) is 12.5. The van der Waals surface area contributed by atoms with Gasteiger partial charge in [0.15, 0.2) is 0 Å². The number of carbonyl (C=O) groups is 4. The number of benzene rings is 2. The van der Waals surface area contributed by atoms with E-state index in [1.165, 1.54) is 39.1 Å². The van der Waals surface area contributed by atoms with Crippen molar-refractivity contribution in [2.75, 3.05) is 27.8 Å². The fourth-order valence-corrected chi connectivity index (χ4v) is 4.86. The van der Waals surface area contributed by atoms with E-state index in [1.807, 2.05) is 12.1 Å². The van der Waals surface area contributed by atoms with Gasteiger partial charge in [0.05, 0.1) is 36.6 Å². The van der Waals surface area contributed by atoms with Gasteiger partial charge in [0.1, 0.15) is 17.6 Å². The van der Waals surface area contributed by atoms with Crippen molar-refractivity contribution in [1.29, 1.82) is 0 Å². The molecule has 0 saturated carbocycles. The average Bonchev–Trinajstić information content (AvgIpc) is 3.13. The van der Waals surface area contributed by atoms with Crippen molar-refractivity contribution in [3.8, 4) is 28.8 Å². The minimum atomic E-state index is -0.784. The zero-order valence-electron chi connectivity index (χ0n) is 30.1. The average molecular weight is 696 g/mol. The first kappa shape index (κ1) is 39.6. The Balaban J connectivity index is 0.000000497. The highest BCUT2D eigenvalue weighted by molar-refractivity contribution is 6.07. The Morgan fingerprint density at radius 2 is 1.71 bits per heavy atom. The molecular weight excluding hydrogens is 650 g/mol. The van der Waals surface area contributed by atoms with Crippen LogP contribution in [0.4, 0.5) is 4.79 Å². The van der Waals surface area contributed by atoms with Crippen LogP contribution in [0, 0.1) is 11.8 Å². The van der Waals surface area contributed by atoms with Crippen LogP contribution in [-0.4, -0.2) is 79.1 Å². The first-order valence-electron chi connectivity index (χ1n) is 16.4. The van der Waals surface area contributed by atoms with Gasteiger partial charge in [-0.2, -0.15) is 0 Å². The number of rotatable bonds is 5. The number of aromatic nitrogens is 2. The van der Waals surface area contributed by atoms with E-state index in [0.717, 1.165) is 17.9 Å². The number of hydrogen-bond donors (Lipinski definition) is 2. The number of hydrazine groups is 1. The fourth-order valence-electron chi connectivity index (χ4n) is 4.86. The number of nitrogens with zero attached hydrogens (tertiary/aromatic N) is 3. The number of fused-ring (bicyclic) bond motifs is 1. The number of aldehydes is 1. The number of amides is 2. The Morgan fingerprint density at radius 1 is 0.980 bits per heavy atom. The second-order valence-corrected chi connectivity index (χ2v) is 12.6. The molecule has 2 aromatic heterocycles. The first-order valence-corrected chi connectivity index (χ1v) is 16.4. The molecule has 2 amide bonds. The second-order valence-electron chi connectivity index (χ2n) is 12.6. The second kappa shape index (κ2) is 19.4. The number of methoxy groups -OCH3 is 2. The molecule has 1 aliphatic rings. The Bertz CT molecular complexity index is 1850. The Kier molecular flexibility index (Phi) is 15.1. The number of hydrogen-bond acceptors (Lipinski definition) is 10. The van der Waals surface area contributed by atoms with E-state index in [0.29, 0.717) is 45.5 Å². The van der Waals surface area contributed by atoms with Gasteiger partial charge >= 0.3 is 6.09 Å².